The molecule has 0 amide bonds. The predicted molar refractivity (Wildman–Crippen MR) is 239 cm³/mol. The molecule has 1 aliphatic carbocycles. The molecular formula is C55H38N2. The lowest BCUT2D eigenvalue weighted by atomic mass is 9.81. The van der Waals surface area contributed by atoms with Gasteiger partial charge in [-0.3, -0.25) is 0 Å². The predicted octanol–water partition coefficient (Wildman–Crippen LogP) is 14.6. The maximum atomic E-state index is 5.45. The molecule has 1 heterocycles. The van der Waals surface area contributed by atoms with E-state index in [0.717, 1.165) is 33.6 Å². The van der Waals surface area contributed by atoms with Crippen molar-refractivity contribution < 1.29 is 0 Å². The largest absolute Gasteiger partial charge is 0.228 e. The molecule has 0 fully saturated rings. The van der Waals surface area contributed by atoms with Gasteiger partial charge in [0.2, 0.25) is 0 Å². The molecule has 57 heavy (non-hydrogen) atoms. The fraction of sp³-hybridized carbons (Fsp3) is 0.0545. The molecule has 10 aromatic rings. The average molecular weight is 727 g/mol. The highest BCUT2D eigenvalue weighted by atomic mass is 14.9. The van der Waals surface area contributed by atoms with Gasteiger partial charge in [0.15, 0.2) is 5.82 Å². The van der Waals surface area contributed by atoms with Crippen molar-refractivity contribution in [3.05, 3.63) is 205 Å². The topological polar surface area (TPSA) is 25.8 Å². The molecule has 0 saturated heterocycles. The van der Waals surface area contributed by atoms with Gasteiger partial charge in [-0.25, -0.2) is 9.97 Å². The van der Waals surface area contributed by atoms with Crippen molar-refractivity contribution in [2.75, 3.05) is 0 Å². The molecule has 0 N–H and O–H groups in total. The summed E-state index contributed by atoms with van der Waals surface area (Å²) >= 11 is 0. The van der Waals surface area contributed by atoms with Crippen LogP contribution in [0.4, 0.5) is 0 Å². The van der Waals surface area contributed by atoms with Gasteiger partial charge in [-0.05, 0) is 89.6 Å². The highest BCUT2D eigenvalue weighted by Crippen LogP contribution is 2.50. The Morgan fingerprint density at radius 2 is 0.947 bits per heavy atom. The summed E-state index contributed by atoms with van der Waals surface area (Å²) in [5.74, 6) is 0.704. The van der Waals surface area contributed by atoms with E-state index in [2.05, 4.69) is 202 Å². The van der Waals surface area contributed by atoms with Crippen LogP contribution in [0.3, 0.4) is 0 Å². The van der Waals surface area contributed by atoms with Crippen LogP contribution in [0.15, 0.2) is 194 Å². The van der Waals surface area contributed by atoms with Crippen LogP contribution in [-0.2, 0) is 5.41 Å². The summed E-state index contributed by atoms with van der Waals surface area (Å²) in [6, 6.07) is 70.1. The minimum Gasteiger partial charge on any atom is -0.228 e. The Morgan fingerprint density at radius 1 is 0.351 bits per heavy atom. The second-order valence-electron chi connectivity index (χ2n) is 15.7. The fourth-order valence-corrected chi connectivity index (χ4v) is 9.31. The molecule has 1 aromatic heterocycles. The lowest BCUT2D eigenvalue weighted by Gasteiger charge is -2.22. The summed E-state index contributed by atoms with van der Waals surface area (Å²) in [6.45, 7) is 4.68. The van der Waals surface area contributed by atoms with E-state index in [1.165, 1.54) is 71.3 Å². The fourth-order valence-electron chi connectivity index (χ4n) is 9.31. The Hall–Kier alpha value is -7.16. The minimum atomic E-state index is -0.0720. The highest BCUT2D eigenvalue weighted by Gasteiger charge is 2.35. The molecule has 0 atom stereocenters. The number of aromatic nitrogens is 2. The first-order valence-electron chi connectivity index (χ1n) is 19.7. The van der Waals surface area contributed by atoms with Crippen molar-refractivity contribution >= 4 is 32.3 Å². The number of hydrogen-bond donors (Lipinski definition) is 0. The quantitative estimate of drug-likeness (QED) is 0.130. The highest BCUT2D eigenvalue weighted by molar-refractivity contribution is 6.27. The molecule has 2 nitrogen and oxygen atoms in total. The number of fused-ring (bicyclic) bond motifs is 7. The van der Waals surface area contributed by atoms with Crippen LogP contribution in [0.2, 0.25) is 0 Å². The van der Waals surface area contributed by atoms with Crippen molar-refractivity contribution in [2.24, 2.45) is 0 Å². The standard InChI is InChI=1S/C55H38N2/c1-55(2)47-27-14-13-24-42(47)43-30-29-39(33-48(43)55)38-21-15-22-40(32-38)49-34-50(57-54(56-49)37-19-7-4-8-20-37)53-45-26-12-11-25-44(45)51(36-17-5-3-6-18-36)46-31-28-35-16-9-10-23-41(35)52(46)53/h3-34H,1-2H3. The van der Waals surface area contributed by atoms with Crippen LogP contribution in [0, 0.1) is 0 Å². The van der Waals surface area contributed by atoms with Crippen LogP contribution in [0.25, 0.3) is 99.6 Å². The van der Waals surface area contributed by atoms with Crippen molar-refractivity contribution in [1.82, 2.24) is 9.97 Å². The van der Waals surface area contributed by atoms with Crippen LogP contribution in [-0.4, -0.2) is 9.97 Å². The summed E-state index contributed by atoms with van der Waals surface area (Å²) in [7, 11) is 0. The minimum absolute atomic E-state index is 0.0720. The Balaban J connectivity index is 1.16. The summed E-state index contributed by atoms with van der Waals surface area (Å²) in [6.07, 6.45) is 0. The second kappa shape index (κ2) is 13.0. The Kier molecular flexibility index (Phi) is 7.55. The van der Waals surface area contributed by atoms with E-state index in [-0.39, 0.29) is 5.41 Å². The lowest BCUT2D eigenvalue weighted by molar-refractivity contribution is 0.660. The van der Waals surface area contributed by atoms with E-state index < -0.39 is 0 Å². The second-order valence-corrected chi connectivity index (χ2v) is 15.7. The molecule has 0 bridgehead atoms. The molecular weight excluding hydrogens is 689 g/mol. The zero-order valence-electron chi connectivity index (χ0n) is 31.9. The lowest BCUT2D eigenvalue weighted by Crippen LogP contribution is -2.14. The monoisotopic (exact) mass is 726 g/mol. The summed E-state index contributed by atoms with van der Waals surface area (Å²) in [5.41, 5.74) is 15.1. The summed E-state index contributed by atoms with van der Waals surface area (Å²) in [5, 5.41) is 7.18. The number of rotatable bonds is 5. The third-order valence-electron chi connectivity index (χ3n) is 12.1. The maximum absolute atomic E-state index is 5.45. The van der Waals surface area contributed by atoms with Gasteiger partial charge in [0.25, 0.3) is 0 Å². The molecule has 0 unspecified atom stereocenters. The van der Waals surface area contributed by atoms with Crippen molar-refractivity contribution in [2.45, 2.75) is 19.3 Å². The molecule has 0 aliphatic heterocycles. The molecule has 0 saturated carbocycles. The third-order valence-corrected chi connectivity index (χ3v) is 12.1. The van der Waals surface area contributed by atoms with Crippen molar-refractivity contribution in [1.29, 1.82) is 0 Å². The first kappa shape index (κ1) is 33.2. The molecule has 0 spiro atoms. The number of benzene rings is 9. The van der Waals surface area contributed by atoms with Crippen LogP contribution in [0.1, 0.15) is 25.0 Å². The van der Waals surface area contributed by atoms with Crippen LogP contribution in [0.5, 0.6) is 0 Å². The first-order valence-corrected chi connectivity index (χ1v) is 19.7. The zero-order chi connectivity index (χ0) is 38.1. The van der Waals surface area contributed by atoms with Crippen LogP contribution < -0.4 is 0 Å². The van der Waals surface area contributed by atoms with Crippen LogP contribution >= 0.6 is 0 Å². The number of nitrogens with zero attached hydrogens (tertiary/aromatic N) is 2. The van der Waals surface area contributed by atoms with Gasteiger partial charge in [-0.2, -0.15) is 0 Å². The molecule has 2 heteroatoms. The van der Waals surface area contributed by atoms with E-state index in [9.17, 15) is 0 Å². The molecule has 268 valence electrons. The van der Waals surface area contributed by atoms with Gasteiger partial charge < -0.3 is 0 Å². The summed E-state index contributed by atoms with van der Waals surface area (Å²) in [4.78, 5) is 10.8. The molecule has 11 rings (SSSR count). The summed E-state index contributed by atoms with van der Waals surface area (Å²) < 4.78 is 0. The molecule has 0 radical (unpaired) electrons. The van der Waals surface area contributed by atoms with Gasteiger partial charge in [0.1, 0.15) is 0 Å². The van der Waals surface area contributed by atoms with Gasteiger partial charge in [0, 0.05) is 27.5 Å². The van der Waals surface area contributed by atoms with E-state index in [1.807, 2.05) is 6.07 Å². The zero-order valence-corrected chi connectivity index (χ0v) is 31.9. The van der Waals surface area contributed by atoms with Gasteiger partial charge in [0.05, 0.1) is 11.4 Å². The molecule has 1 aliphatic rings. The smallest absolute Gasteiger partial charge is 0.160 e. The van der Waals surface area contributed by atoms with Gasteiger partial charge in [-0.1, -0.05) is 190 Å². The average Bonchev–Trinajstić information content (AvgIpc) is 3.51. The van der Waals surface area contributed by atoms with E-state index in [1.54, 1.807) is 0 Å². The Labute approximate surface area is 332 Å². The third kappa shape index (κ3) is 5.33. The van der Waals surface area contributed by atoms with Gasteiger partial charge >= 0.3 is 0 Å². The Morgan fingerprint density at radius 3 is 1.75 bits per heavy atom. The first-order chi connectivity index (χ1) is 28.0. The normalized spacial score (nSPS) is 12.9. The van der Waals surface area contributed by atoms with Crippen molar-refractivity contribution in [3.8, 4) is 67.3 Å². The van der Waals surface area contributed by atoms with E-state index in [0.29, 0.717) is 5.82 Å². The maximum Gasteiger partial charge on any atom is 0.160 e. The Bertz CT molecular complexity index is 3200. The van der Waals surface area contributed by atoms with Gasteiger partial charge in [-0.15, -0.1) is 0 Å². The number of hydrogen-bond acceptors (Lipinski definition) is 2. The SMILES string of the molecule is CC1(C)c2ccccc2-c2ccc(-c3cccc(-c4cc(-c5c6ccccc6c(-c6ccccc6)c6ccc7ccccc7c56)nc(-c5ccccc5)n4)c3)cc21. The molecule has 9 aromatic carbocycles. The van der Waals surface area contributed by atoms with E-state index in [4.69, 9.17) is 9.97 Å². The van der Waals surface area contributed by atoms with E-state index >= 15 is 0 Å². The van der Waals surface area contributed by atoms with Crippen molar-refractivity contribution in [3.63, 3.8) is 0 Å².